The van der Waals surface area contributed by atoms with Crippen LogP contribution in [-0.2, 0) is 0 Å². The largest absolute Gasteiger partial charge is 0.492 e. The first-order valence-corrected chi connectivity index (χ1v) is 7.96. The molecule has 0 bridgehead atoms. The van der Waals surface area contributed by atoms with Gasteiger partial charge in [-0.25, -0.2) is 0 Å². The molecule has 0 aliphatic carbocycles. The fourth-order valence-electron chi connectivity index (χ4n) is 2.66. The van der Waals surface area contributed by atoms with Gasteiger partial charge in [0, 0.05) is 37.8 Å². The van der Waals surface area contributed by atoms with Crippen LogP contribution in [0.1, 0.15) is 18.9 Å². The Morgan fingerprint density at radius 3 is 2.67 bits per heavy atom. The van der Waals surface area contributed by atoms with E-state index in [1.807, 2.05) is 24.3 Å². The quantitative estimate of drug-likeness (QED) is 0.811. The summed E-state index contributed by atoms with van der Waals surface area (Å²) in [4.78, 5) is 5.35. The number of rotatable bonds is 6. The molecule has 1 atom stereocenters. The van der Waals surface area contributed by atoms with Gasteiger partial charge >= 0.3 is 0 Å². The molecular formula is C16H25N3OS. The lowest BCUT2D eigenvalue weighted by atomic mass is 10.1. The van der Waals surface area contributed by atoms with Crippen LogP contribution in [-0.4, -0.2) is 60.7 Å². The van der Waals surface area contributed by atoms with Gasteiger partial charge in [0.25, 0.3) is 0 Å². The van der Waals surface area contributed by atoms with Crippen LogP contribution in [0.2, 0.25) is 0 Å². The highest BCUT2D eigenvalue weighted by atomic mass is 32.1. The van der Waals surface area contributed by atoms with Crippen LogP contribution in [0.4, 0.5) is 0 Å². The van der Waals surface area contributed by atoms with E-state index in [0.717, 1.165) is 37.5 Å². The third kappa shape index (κ3) is 4.66. The van der Waals surface area contributed by atoms with Crippen molar-refractivity contribution >= 4 is 17.2 Å². The molecule has 1 saturated heterocycles. The van der Waals surface area contributed by atoms with Crippen molar-refractivity contribution in [2.24, 2.45) is 5.73 Å². The summed E-state index contributed by atoms with van der Waals surface area (Å²) in [6, 6.07) is 8.32. The second-order valence-electron chi connectivity index (χ2n) is 5.58. The van der Waals surface area contributed by atoms with E-state index in [-0.39, 0.29) is 0 Å². The van der Waals surface area contributed by atoms with Crippen molar-refractivity contribution < 1.29 is 4.74 Å². The summed E-state index contributed by atoms with van der Waals surface area (Å²) < 4.78 is 5.80. The molecule has 1 aliphatic rings. The summed E-state index contributed by atoms with van der Waals surface area (Å²) in [5.74, 6) is 0.871. The molecule has 0 saturated carbocycles. The summed E-state index contributed by atoms with van der Waals surface area (Å²) in [6.07, 6.45) is 1.20. The average molecular weight is 307 g/mol. The minimum Gasteiger partial charge on any atom is -0.492 e. The number of likely N-dealkylation sites (N-methyl/N-ethyl adjacent to an activating group) is 1. The molecule has 1 aromatic rings. The van der Waals surface area contributed by atoms with E-state index >= 15 is 0 Å². The van der Waals surface area contributed by atoms with Crippen LogP contribution in [0.5, 0.6) is 5.75 Å². The van der Waals surface area contributed by atoms with Crippen molar-refractivity contribution in [1.82, 2.24) is 9.80 Å². The van der Waals surface area contributed by atoms with Gasteiger partial charge in [-0.15, -0.1) is 0 Å². The molecule has 2 N–H and O–H groups in total. The Hall–Kier alpha value is -1.17. The topological polar surface area (TPSA) is 41.7 Å². The van der Waals surface area contributed by atoms with Gasteiger partial charge in [0.05, 0.1) is 0 Å². The highest BCUT2D eigenvalue weighted by Crippen LogP contribution is 2.13. The summed E-state index contributed by atoms with van der Waals surface area (Å²) in [7, 11) is 2.21. The minimum atomic E-state index is 0.421. The summed E-state index contributed by atoms with van der Waals surface area (Å²) >= 11 is 4.94. The van der Waals surface area contributed by atoms with Gasteiger partial charge in [0.1, 0.15) is 17.3 Å². The minimum absolute atomic E-state index is 0.421. The van der Waals surface area contributed by atoms with Crippen molar-refractivity contribution in [2.45, 2.75) is 19.4 Å². The molecule has 0 aromatic heterocycles. The molecule has 116 valence electrons. The predicted octanol–water partition coefficient (Wildman–Crippen LogP) is 1.73. The molecule has 21 heavy (non-hydrogen) atoms. The number of nitrogens with zero attached hydrogens (tertiary/aromatic N) is 2. The second-order valence-corrected chi connectivity index (χ2v) is 6.02. The highest BCUT2D eigenvalue weighted by Gasteiger charge is 2.22. The van der Waals surface area contributed by atoms with Crippen LogP contribution in [0, 0.1) is 0 Å². The van der Waals surface area contributed by atoms with Crippen LogP contribution >= 0.6 is 12.2 Å². The molecule has 0 spiro atoms. The first-order valence-electron chi connectivity index (χ1n) is 7.55. The van der Waals surface area contributed by atoms with Gasteiger partial charge in [-0.1, -0.05) is 19.1 Å². The third-order valence-corrected chi connectivity index (χ3v) is 4.38. The highest BCUT2D eigenvalue weighted by molar-refractivity contribution is 7.80. The van der Waals surface area contributed by atoms with E-state index in [4.69, 9.17) is 22.7 Å². The Balaban J connectivity index is 1.75. The molecule has 0 amide bonds. The average Bonchev–Trinajstić information content (AvgIpc) is 2.49. The fraction of sp³-hybridized carbons (Fsp3) is 0.562. The van der Waals surface area contributed by atoms with Crippen LogP contribution in [0.25, 0.3) is 0 Å². The normalized spacial score (nSPS) is 20.4. The van der Waals surface area contributed by atoms with Crippen molar-refractivity contribution in [3.8, 4) is 5.75 Å². The van der Waals surface area contributed by atoms with E-state index in [9.17, 15) is 0 Å². The van der Waals surface area contributed by atoms with Crippen molar-refractivity contribution in [2.75, 3.05) is 39.8 Å². The van der Waals surface area contributed by atoms with Gasteiger partial charge in [-0.05, 0) is 37.7 Å². The maximum absolute atomic E-state index is 5.80. The zero-order valence-corrected chi connectivity index (χ0v) is 13.7. The molecule has 1 unspecified atom stereocenters. The van der Waals surface area contributed by atoms with Crippen molar-refractivity contribution in [3.05, 3.63) is 29.8 Å². The molecule has 5 heteroatoms. The number of ether oxygens (including phenoxy) is 1. The van der Waals surface area contributed by atoms with Crippen LogP contribution in [0.15, 0.2) is 24.3 Å². The Morgan fingerprint density at radius 2 is 2.05 bits per heavy atom. The molecule has 1 aromatic carbocycles. The number of piperazine rings is 1. The first kappa shape index (κ1) is 16.2. The third-order valence-electron chi connectivity index (χ3n) is 4.15. The number of hydrogen-bond donors (Lipinski definition) is 1. The van der Waals surface area contributed by atoms with Gasteiger partial charge in [-0.2, -0.15) is 0 Å². The predicted molar refractivity (Wildman–Crippen MR) is 91.0 cm³/mol. The number of nitrogens with two attached hydrogens (primary N) is 1. The summed E-state index contributed by atoms with van der Waals surface area (Å²) in [6.45, 7) is 7.34. The van der Waals surface area contributed by atoms with E-state index in [1.165, 1.54) is 6.42 Å². The smallest absolute Gasteiger partial charge is 0.119 e. The SMILES string of the molecule is CCC1CN(CCOc2ccc(C(N)=S)cc2)CCN1C. The lowest BCUT2D eigenvalue weighted by Gasteiger charge is -2.39. The Bertz CT molecular complexity index is 463. The van der Waals surface area contributed by atoms with Gasteiger partial charge in [-0.3, -0.25) is 4.90 Å². The number of benzene rings is 1. The maximum atomic E-state index is 5.80. The van der Waals surface area contributed by atoms with Crippen molar-refractivity contribution in [1.29, 1.82) is 0 Å². The molecule has 2 rings (SSSR count). The van der Waals surface area contributed by atoms with E-state index in [0.29, 0.717) is 17.6 Å². The molecular weight excluding hydrogens is 282 g/mol. The molecule has 1 fully saturated rings. The monoisotopic (exact) mass is 307 g/mol. The van der Waals surface area contributed by atoms with Crippen molar-refractivity contribution in [3.63, 3.8) is 0 Å². The molecule has 0 radical (unpaired) electrons. The number of thiocarbonyl (C=S) groups is 1. The second kappa shape index (κ2) is 7.73. The zero-order chi connectivity index (χ0) is 15.2. The van der Waals surface area contributed by atoms with E-state index in [2.05, 4.69) is 23.8 Å². The van der Waals surface area contributed by atoms with E-state index < -0.39 is 0 Å². The van der Waals surface area contributed by atoms with Crippen LogP contribution in [0.3, 0.4) is 0 Å². The Kier molecular flexibility index (Phi) is 5.96. The van der Waals surface area contributed by atoms with Gasteiger partial charge in [0.2, 0.25) is 0 Å². The molecule has 1 aliphatic heterocycles. The number of hydrogen-bond acceptors (Lipinski definition) is 4. The summed E-state index contributed by atoms with van der Waals surface area (Å²) in [5, 5.41) is 0. The summed E-state index contributed by atoms with van der Waals surface area (Å²) in [5.41, 5.74) is 6.46. The van der Waals surface area contributed by atoms with E-state index in [1.54, 1.807) is 0 Å². The first-order chi connectivity index (χ1) is 10.1. The fourth-order valence-corrected chi connectivity index (χ4v) is 2.80. The van der Waals surface area contributed by atoms with Gasteiger partial charge in [0.15, 0.2) is 0 Å². The Labute approximate surface area is 132 Å². The zero-order valence-electron chi connectivity index (χ0n) is 12.9. The van der Waals surface area contributed by atoms with Crippen LogP contribution < -0.4 is 10.5 Å². The molecule has 1 heterocycles. The maximum Gasteiger partial charge on any atom is 0.119 e. The van der Waals surface area contributed by atoms with Gasteiger partial charge < -0.3 is 15.4 Å². The molecule has 4 nitrogen and oxygen atoms in total. The standard InChI is InChI=1S/C16H25N3OS/c1-3-14-12-19(9-8-18(14)2)10-11-20-15-6-4-13(5-7-15)16(17)21/h4-7,14H,3,8-12H2,1-2H3,(H2,17,21). The lowest BCUT2D eigenvalue weighted by Crippen LogP contribution is -2.51. The lowest BCUT2D eigenvalue weighted by molar-refractivity contribution is 0.0824. The Morgan fingerprint density at radius 1 is 1.33 bits per heavy atom.